The molecule has 4 aliphatic heterocycles. The summed E-state index contributed by atoms with van der Waals surface area (Å²) in [5.74, 6) is 7.44. The molecule has 8 aromatic carbocycles. The van der Waals surface area contributed by atoms with Gasteiger partial charge in [-0.3, -0.25) is 19.6 Å². The summed E-state index contributed by atoms with van der Waals surface area (Å²) < 4.78 is 64.7. The van der Waals surface area contributed by atoms with Crippen LogP contribution in [0.25, 0.3) is 0 Å². The first-order valence-corrected chi connectivity index (χ1v) is 48.2. The van der Waals surface area contributed by atoms with E-state index in [2.05, 4.69) is 221 Å². The molecule has 0 aromatic heterocycles. The first-order chi connectivity index (χ1) is 59.0. The summed E-state index contributed by atoms with van der Waals surface area (Å²) >= 11 is 0. The van der Waals surface area contributed by atoms with E-state index in [0.29, 0.717) is 53.1 Å². The van der Waals surface area contributed by atoms with Gasteiger partial charge in [0.1, 0.15) is 72.9 Å². The Bertz CT molecular complexity index is 4080. The molecule has 0 unspecified atom stereocenters. The Balaban J connectivity index is 1.04. The van der Waals surface area contributed by atoms with E-state index in [-0.39, 0.29) is 72.3 Å². The highest BCUT2D eigenvalue weighted by atomic mass is 16.5. The van der Waals surface area contributed by atoms with Crippen molar-refractivity contribution in [2.75, 3.05) is 26.9 Å². The summed E-state index contributed by atoms with van der Waals surface area (Å²) in [4.78, 5) is 10.4. The van der Waals surface area contributed by atoms with Crippen LogP contribution in [0.5, 0.6) is 46.0 Å². The average molecular weight is 1620 g/mol. The van der Waals surface area contributed by atoms with Gasteiger partial charge in [-0.05, 0) is 203 Å². The molecule has 4 heterocycles. The number of fused-ring (bicyclic) bond motifs is 16. The summed E-state index contributed by atoms with van der Waals surface area (Å²) in [6.45, 7) is 23.6. The van der Waals surface area contributed by atoms with Gasteiger partial charge in [-0.1, -0.05) is 226 Å². The molecule has 4 saturated carbocycles. The first kappa shape index (κ1) is 84.2. The summed E-state index contributed by atoms with van der Waals surface area (Å²) in [7, 11) is 0. The number of hydrogen-bond acceptors (Lipinski definition) is 12. The first-order valence-electron chi connectivity index (χ1n) is 48.2. The molecule has 0 N–H and O–H groups in total. The van der Waals surface area contributed by atoms with Crippen molar-refractivity contribution in [3.8, 4) is 46.0 Å². The van der Waals surface area contributed by atoms with Crippen LogP contribution in [0.4, 0.5) is 0 Å². The molecule has 0 radical (unpaired) electrons. The minimum Gasteiger partial charge on any atom is -0.490 e. The Morgan fingerprint density at radius 2 is 0.475 bits per heavy atom. The highest BCUT2D eigenvalue weighted by molar-refractivity contribution is 5.70. The van der Waals surface area contributed by atoms with E-state index in [1.807, 2.05) is 0 Å². The molecule has 12 nitrogen and oxygen atoms in total. The lowest BCUT2D eigenvalue weighted by atomic mass is 9.74. The second kappa shape index (κ2) is 39.7. The molecule has 0 spiro atoms. The lowest BCUT2D eigenvalue weighted by molar-refractivity contribution is 0.0562. The summed E-state index contributed by atoms with van der Waals surface area (Å²) in [6.07, 6.45) is 34.1. The molecule has 4 fully saturated rings. The highest BCUT2D eigenvalue weighted by Crippen LogP contribution is 2.61. The molecule has 8 atom stereocenters. The van der Waals surface area contributed by atoms with Gasteiger partial charge >= 0.3 is 0 Å². The lowest BCUT2D eigenvalue weighted by Crippen LogP contribution is -2.36. The zero-order chi connectivity index (χ0) is 82.0. The van der Waals surface area contributed by atoms with Gasteiger partial charge in [-0.25, -0.2) is 0 Å². The van der Waals surface area contributed by atoms with E-state index in [0.717, 1.165) is 251 Å². The predicted molar refractivity (Wildman–Crippen MR) is 485 cm³/mol. The maximum Gasteiger partial charge on any atom is 0.142 e. The van der Waals surface area contributed by atoms with Gasteiger partial charge in [0, 0.05) is 119 Å². The van der Waals surface area contributed by atoms with Crippen molar-refractivity contribution < 1.29 is 37.9 Å². The van der Waals surface area contributed by atoms with Gasteiger partial charge < -0.3 is 37.9 Å². The van der Waals surface area contributed by atoms with Crippen LogP contribution in [-0.2, 0) is 26.2 Å². The highest BCUT2D eigenvalue weighted by Gasteiger charge is 2.46. The fourth-order valence-electron chi connectivity index (χ4n) is 22.2. The third-order valence-corrected chi connectivity index (χ3v) is 29.5. The standard InChI is InChI=1S/C108H140N4O8/c1-9-13-21-57-85-89-61-94(106(118-82-51-35-36-52-82)97-65-109(69-113-101(89)97)73(5)77-41-25-17-26-42-77)87(59-23-15-11-3)91-63-96(108(120-84-55-39-40-56-84)99-67-111(71-115-103(91)99)75(7)79-45-29-19-30-46-79)88(60-24-16-12-4)92-64-95(107(119-83-53-37-38-54-83)100-68-112(72-116-104(92)100)76(8)80-47-31-20-32-48-80)86(58-22-14-10-2)90-62-93(85)105(117-81-49-33-34-50-81)98-66-110(70-114-102(90)98)74(6)78-43-27-18-28-44-78/h17-20,25-32,41-48,61-64,73-76,81-88H,9-16,21-24,33-40,49-60,65-72H2,1-8H3/t73-,74-,75-,76-,85+,86+,87+,88+/m0/s1. The number of nitrogens with zero attached hydrogens (tertiary/aromatic N) is 4. The van der Waals surface area contributed by atoms with Crippen molar-refractivity contribution in [3.63, 3.8) is 0 Å². The van der Waals surface area contributed by atoms with Gasteiger partial charge in [0.2, 0.25) is 0 Å². The van der Waals surface area contributed by atoms with Crippen LogP contribution in [0.2, 0.25) is 0 Å². The van der Waals surface area contributed by atoms with E-state index in [1.54, 1.807) is 0 Å². The van der Waals surface area contributed by atoms with Crippen molar-refractivity contribution >= 4 is 0 Å². The lowest BCUT2D eigenvalue weighted by Gasteiger charge is -2.41. The molecule has 0 saturated heterocycles. The van der Waals surface area contributed by atoms with Crippen molar-refractivity contribution in [1.29, 1.82) is 0 Å². The summed E-state index contributed by atoms with van der Waals surface area (Å²) in [6, 6.07) is 55.8. The maximum absolute atomic E-state index is 8.21. The topological polar surface area (TPSA) is 86.8 Å². The Morgan fingerprint density at radius 1 is 0.275 bits per heavy atom. The maximum atomic E-state index is 8.21. The third kappa shape index (κ3) is 18.2. The molecule has 12 heteroatoms. The smallest absolute Gasteiger partial charge is 0.142 e. The Morgan fingerprint density at radius 3 is 0.667 bits per heavy atom. The SMILES string of the molecule is CCCCC[C@@H]1c2cc(c(OC3CCCC3)c3c2OCN([C@@H](C)c2ccccc2)C3)[C@H](CCCCC)c2cc(c(OC3CCCC3)c3c2OCN([C@@H](C)c2ccccc2)C3)[C@H](CCCCC)c2cc(c(OC3CCCC3)c3c2OCN([C@@H](C)c2ccccc2)C3)[C@H](CCCCC)c2cc1c(OC1CCCC1)c1c2OCN([C@@H](C)c2ccccc2)C1. The monoisotopic (exact) mass is 1620 g/mol. The van der Waals surface area contributed by atoms with Gasteiger partial charge in [0.25, 0.3) is 0 Å². The molecule has 640 valence electrons. The van der Waals surface area contributed by atoms with Crippen LogP contribution in [-0.4, -0.2) is 70.9 Å². The number of benzene rings is 8. The quantitative estimate of drug-likeness (QED) is 0.0376. The number of ether oxygens (including phenoxy) is 8. The summed E-state index contributed by atoms with van der Waals surface area (Å²) in [5, 5.41) is 0. The fraction of sp³-hybridized carbons (Fsp3) is 0.556. The van der Waals surface area contributed by atoms with E-state index in [1.165, 1.54) is 89.0 Å². The normalized spacial score (nSPS) is 21.6. The van der Waals surface area contributed by atoms with E-state index < -0.39 is 0 Å². The van der Waals surface area contributed by atoms with Crippen molar-refractivity contribution in [3.05, 3.63) is 235 Å². The third-order valence-electron chi connectivity index (χ3n) is 29.5. The number of rotatable bonds is 32. The largest absolute Gasteiger partial charge is 0.490 e. The molecule has 17 rings (SSSR count). The van der Waals surface area contributed by atoms with E-state index >= 15 is 0 Å². The van der Waals surface area contributed by atoms with Crippen LogP contribution in [0.1, 0.15) is 398 Å². The Labute approximate surface area is 720 Å². The molecule has 0 amide bonds. The van der Waals surface area contributed by atoms with Crippen molar-refractivity contribution in [2.24, 2.45) is 0 Å². The molecule has 120 heavy (non-hydrogen) atoms. The molecule has 8 aromatic rings. The second-order valence-electron chi connectivity index (χ2n) is 37.5. The van der Waals surface area contributed by atoms with Gasteiger partial charge in [-0.15, -0.1) is 0 Å². The molecular weight excluding hydrogens is 1480 g/mol. The average Bonchev–Trinajstić information content (AvgIpc) is 0.925. The van der Waals surface area contributed by atoms with Crippen molar-refractivity contribution in [1.82, 2.24) is 19.6 Å². The number of hydrogen-bond donors (Lipinski definition) is 0. The van der Waals surface area contributed by atoms with Gasteiger partial charge in [-0.2, -0.15) is 0 Å². The van der Waals surface area contributed by atoms with Crippen LogP contribution < -0.4 is 37.9 Å². The van der Waals surface area contributed by atoms with Crippen molar-refractivity contribution in [2.45, 2.75) is 359 Å². The molecule has 8 bridgehead atoms. The van der Waals surface area contributed by atoms with Crippen LogP contribution in [0.15, 0.2) is 146 Å². The van der Waals surface area contributed by atoms with Crippen LogP contribution >= 0.6 is 0 Å². The van der Waals surface area contributed by atoms with Crippen LogP contribution in [0, 0.1) is 0 Å². The van der Waals surface area contributed by atoms with Gasteiger partial charge in [0.15, 0.2) is 0 Å². The van der Waals surface area contributed by atoms with Crippen LogP contribution in [0.3, 0.4) is 0 Å². The Kier molecular flexibility index (Phi) is 27.8. The fourth-order valence-corrected chi connectivity index (χ4v) is 22.2. The molecular formula is C108H140N4O8. The second-order valence-corrected chi connectivity index (χ2v) is 37.5. The minimum absolute atomic E-state index is 0.0575. The number of unbranched alkanes of at least 4 members (excludes halogenated alkanes) is 8. The Hall–Kier alpha value is -8.00. The van der Waals surface area contributed by atoms with E-state index in [9.17, 15) is 0 Å². The molecule has 9 aliphatic rings. The zero-order valence-electron chi connectivity index (χ0n) is 74.1. The zero-order valence-corrected chi connectivity index (χ0v) is 74.1. The van der Waals surface area contributed by atoms with E-state index in [4.69, 9.17) is 37.9 Å². The summed E-state index contributed by atoms with van der Waals surface area (Å²) in [5.41, 5.74) is 20.0. The van der Waals surface area contributed by atoms with Gasteiger partial charge in [0.05, 0.1) is 46.7 Å². The molecule has 5 aliphatic carbocycles. The minimum atomic E-state index is -0.167. The predicted octanol–water partition coefficient (Wildman–Crippen LogP) is 27.8.